The van der Waals surface area contributed by atoms with Crippen LogP contribution < -0.4 is 64.6 Å². The number of aliphatic hydroxyl groups excluding tert-OH is 2. The Morgan fingerprint density at radius 2 is 1.03 bits per heavy atom. The normalized spacial score (nSPS) is 15.8. The second-order valence-electron chi connectivity index (χ2n) is 28.5. The number of aliphatic carboxylic acids is 2. The topological polar surface area (TPSA) is 553 Å². The number of rotatable bonds is 45. The molecule has 5 rings (SSSR count). The fourth-order valence-corrected chi connectivity index (χ4v) is 13.1. The van der Waals surface area contributed by atoms with Crippen LogP contribution in [0.1, 0.15) is 104 Å². The van der Waals surface area contributed by atoms with Crippen molar-refractivity contribution in [1.82, 2.24) is 67.9 Å². The van der Waals surface area contributed by atoms with Crippen LogP contribution in [0.4, 0.5) is 0 Å². The number of nitrogens with one attached hydrogen (secondary N) is 10. The van der Waals surface area contributed by atoms with Crippen molar-refractivity contribution in [2.24, 2.45) is 17.4 Å². The number of carbonyl (C=O) groups is 17. The Hall–Kier alpha value is -11.9. The maximum Gasteiger partial charge on any atom is 0.305 e. The molecule has 1 aliphatic rings. The van der Waals surface area contributed by atoms with Crippen molar-refractivity contribution in [3.8, 4) is 11.1 Å². The van der Waals surface area contributed by atoms with Gasteiger partial charge >= 0.3 is 11.9 Å². The average Bonchev–Trinajstić information content (AvgIpc) is 1.73. The van der Waals surface area contributed by atoms with E-state index < -0.39 is 229 Å². The fourth-order valence-electron chi connectivity index (χ4n) is 12.3. The van der Waals surface area contributed by atoms with E-state index in [1.807, 2.05) is 30.3 Å². The highest BCUT2D eigenvalue weighted by atomic mass is 32.2. The summed E-state index contributed by atoms with van der Waals surface area (Å²) >= 11 is 0.804. The number of nitrogens with two attached hydrogens (primary N) is 2. The number of likely N-dealkylation sites (N-methyl/N-ethyl adjacent to an activating group) is 2. The van der Waals surface area contributed by atoms with Gasteiger partial charge in [0.25, 0.3) is 0 Å². The maximum atomic E-state index is 15.1. The zero-order valence-electron chi connectivity index (χ0n) is 65.5. The van der Waals surface area contributed by atoms with Gasteiger partial charge in [0.15, 0.2) is 0 Å². The van der Waals surface area contributed by atoms with Crippen LogP contribution in [0.2, 0.25) is 0 Å². The van der Waals surface area contributed by atoms with Crippen molar-refractivity contribution in [2.75, 3.05) is 38.7 Å². The molecule has 0 saturated carbocycles. The quantitative estimate of drug-likeness (QED) is 0.0216. The number of thioether (sulfide) groups is 1. The monoisotopic (exact) mass is 1620 g/mol. The van der Waals surface area contributed by atoms with E-state index in [0.717, 1.165) is 37.6 Å². The highest BCUT2D eigenvalue weighted by molar-refractivity contribution is 8.00. The number of aliphatic hydroxyl groups is 2. The molecule has 4 aromatic carbocycles. The van der Waals surface area contributed by atoms with Crippen LogP contribution in [0, 0.1) is 5.92 Å². The third-order valence-electron chi connectivity index (χ3n) is 18.8. The number of likely N-dealkylation sites (tertiary alicyclic amines) is 1. The summed E-state index contributed by atoms with van der Waals surface area (Å²) < 4.78 is 0. The molecule has 1 unspecified atom stereocenters. The lowest BCUT2D eigenvalue weighted by Gasteiger charge is -2.33. The molecule has 18 N–H and O–H groups in total. The molecule has 0 aromatic heterocycles. The predicted molar refractivity (Wildman–Crippen MR) is 419 cm³/mol. The van der Waals surface area contributed by atoms with Crippen molar-refractivity contribution in [1.29, 1.82) is 0 Å². The molecule has 15 amide bonds. The second-order valence-corrected chi connectivity index (χ2v) is 29.5. The van der Waals surface area contributed by atoms with E-state index in [1.165, 1.54) is 48.7 Å². The largest absolute Gasteiger partial charge is 0.481 e. The number of carbonyl (C=O) groups excluding carboxylic acids is 15. The average molecular weight is 1620 g/mol. The molecule has 1 fully saturated rings. The fraction of sp³-hybridized carbons (Fsp3) is 0.474. The summed E-state index contributed by atoms with van der Waals surface area (Å²) in [5.74, 6) is -17.9. The van der Waals surface area contributed by atoms with E-state index in [2.05, 4.69) is 53.2 Å². The third-order valence-corrected chi connectivity index (χ3v) is 19.8. The Morgan fingerprint density at radius 1 is 0.496 bits per heavy atom. The first-order chi connectivity index (χ1) is 54.3. The lowest BCUT2D eigenvalue weighted by molar-refractivity contribution is -0.145. The number of carboxylic acids is 2. The van der Waals surface area contributed by atoms with E-state index in [-0.39, 0.29) is 44.4 Å². The summed E-state index contributed by atoms with van der Waals surface area (Å²) in [6.45, 7) is 8.86. The lowest BCUT2D eigenvalue weighted by Crippen LogP contribution is -2.61. The van der Waals surface area contributed by atoms with Crippen molar-refractivity contribution < 1.29 is 102 Å². The number of primary amides is 2. The molecule has 0 bridgehead atoms. The Balaban J connectivity index is 1.32. The van der Waals surface area contributed by atoms with Crippen molar-refractivity contribution in [3.05, 3.63) is 132 Å². The summed E-state index contributed by atoms with van der Waals surface area (Å²) in [4.78, 5) is 233. The van der Waals surface area contributed by atoms with Gasteiger partial charge in [0.1, 0.15) is 72.5 Å². The molecule has 36 nitrogen and oxygen atoms in total. The van der Waals surface area contributed by atoms with Crippen molar-refractivity contribution in [3.63, 3.8) is 0 Å². The molecule has 14 atom stereocenters. The SMILES string of the molecule is CC(C)C(NC(=O)[C@H](Cc1ccccc1)NC(=O)CSC[C@H](NC(=O)[C@@H]1CCCN1C(=O)[C@H](C)NC(=O)[C@H](CCC(=O)O)NC(=O)[C@H](C)N(C)C(=O)[C@H](Cc1ccc(-c2ccccc2)cc1)NC(=O)[C@H](Cc1ccccc1)N(C)C(=O)[C@H](C)NC(=O)[C@@H](NC(=O)C[C@@H](C)O)[C@@H](C)O)C(=O)NCC(N)=O)C(=O)N[C@@H](CC(=O)O)C(N)=O. The van der Waals surface area contributed by atoms with E-state index in [4.69, 9.17) is 11.5 Å². The highest BCUT2D eigenvalue weighted by Crippen LogP contribution is 2.23. The van der Waals surface area contributed by atoms with Gasteiger partial charge in [-0.2, -0.15) is 0 Å². The predicted octanol–water partition coefficient (Wildman–Crippen LogP) is -2.58. The van der Waals surface area contributed by atoms with Gasteiger partial charge in [0.2, 0.25) is 88.6 Å². The van der Waals surface area contributed by atoms with Crippen LogP contribution in [-0.4, -0.2) is 259 Å². The van der Waals surface area contributed by atoms with Gasteiger partial charge in [-0.3, -0.25) is 81.5 Å². The van der Waals surface area contributed by atoms with Crippen molar-refractivity contribution >= 4 is 112 Å². The minimum absolute atomic E-state index is 0.0312. The van der Waals surface area contributed by atoms with Gasteiger partial charge in [-0.05, 0) is 87.6 Å². The van der Waals surface area contributed by atoms with E-state index >= 15 is 9.59 Å². The maximum absolute atomic E-state index is 15.1. The summed E-state index contributed by atoms with van der Waals surface area (Å²) in [6, 6.07) is 15.7. The third kappa shape index (κ3) is 30.2. The van der Waals surface area contributed by atoms with Gasteiger partial charge in [0, 0.05) is 52.1 Å². The Labute approximate surface area is 669 Å². The van der Waals surface area contributed by atoms with Gasteiger partial charge in [-0.25, -0.2) is 0 Å². The van der Waals surface area contributed by atoms with Crippen LogP contribution >= 0.6 is 11.8 Å². The Morgan fingerprint density at radius 3 is 1.58 bits per heavy atom. The number of benzene rings is 4. The number of amides is 15. The molecule has 4 aromatic rings. The van der Waals surface area contributed by atoms with E-state index in [0.29, 0.717) is 16.7 Å². The van der Waals surface area contributed by atoms with Crippen LogP contribution in [0.5, 0.6) is 0 Å². The number of carboxylic acid groups (broad SMARTS) is 2. The molecule has 37 heteroatoms. The second kappa shape index (κ2) is 45.7. The molecule has 0 aliphatic carbocycles. The minimum atomic E-state index is -1.69. The molecular formula is C78H105N15O21S. The zero-order chi connectivity index (χ0) is 85.5. The Kier molecular flexibility index (Phi) is 37.3. The first-order valence-corrected chi connectivity index (χ1v) is 38.4. The van der Waals surface area contributed by atoms with Gasteiger partial charge in [-0.1, -0.05) is 129 Å². The lowest BCUT2D eigenvalue weighted by atomic mass is 9.98. The smallest absolute Gasteiger partial charge is 0.305 e. The molecular weight excluding hydrogens is 1520 g/mol. The molecule has 1 aliphatic heterocycles. The zero-order valence-corrected chi connectivity index (χ0v) is 66.3. The van der Waals surface area contributed by atoms with Crippen LogP contribution in [0.15, 0.2) is 115 Å². The molecule has 624 valence electrons. The van der Waals surface area contributed by atoms with Gasteiger partial charge in [0.05, 0.1) is 37.3 Å². The van der Waals surface area contributed by atoms with Gasteiger partial charge in [-0.15, -0.1) is 11.8 Å². The summed E-state index contributed by atoms with van der Waals surface area (Å²) in [5, 5.41) is 64.2. The molecule has 0 spiro atoms. The first-order valence-electron chi connectivity index (χ1n) is 37.3. The minimum Gasteiger partial charge on any atom is -0.481 e. The molecule has 0 radical (unpaired) electrons. The first kappa shape index (κ1) is 93.7. The Bertz CT molecular complexity index is 4090. The van der Waals surface area contributed by atoms with Crippen molar-refractivity contribution in [2.45, 2.75) is 191 Å². The van der Waals surface area contributed by atoms with Crippen LogP contribution in [0.3, 0.4) is 0 Å². The number of nitrogens with zero attached hydrogens (tertiary/aromatic N) is 3. The van der Waals surface area contributed by atoms with Gasteiger partial charge < -0.3 is 99.8 Å². The summed E-state index contributed by atoms with van der Waals surface area (Å²) in [7, 11) is 2.54. The number of hydrogen-bond acceptors (Lipinski definition) is 20. The number of hydrogen-bond donors (Lipinski definition) is 16. The van der Waals surface area contributed by atoms with E-state index in [1.54, 1.807) is 98.8 Å². The van der Waals surface area contributed by atoms with Crippen LogP contribution in [0.25, 0.3) is 11.1 Å². The van der Waals surface area contributed by atoms with E-state index in [9.17, 15) is 92.3 Å². The molecule has 1 heterocycles. The standard InChI is InChI=1S/C78H105N15O21S/c1-42(2)65(74(110)86-54(67(80)103)38-64(101)102)90-71(107)55(35-48-20-13-10-14-21-48)84-62(98)41-115-40-57(69(105)81-39-60(79)96)88-72(108)58-26-19-33-93(58)77(113)45(5)82-70(106)53(31-32-63(99)100)85-68(104)46(6)91(8)78(114)56(36-50-27-29-52(30-28-50)51-24-17-12-18-25-51)87-73(109)59(37-49-22-15-11-16-23-49)92(9)76(112)44(4)83-75(111)66(47(7)95)89-61(97)34-43(3)94/h10-18,20-25,27-30,42-47,53-59,65-66,94-95H,19,26,31-41H2,1-9H3,(H2,79,96)(H2,80,103)(H,81,105)(H,82,106)(H,83,111)(H,84,98)(H,85,104)(H,86,110)(H,87,109)(H,88,108)(H,89,97)(H,90,107)(H,99,100)(H,101,102)/t43-,44+,45+,46+,47-,53+,54+,55+,56+,57+,58+,59+,65?,66+/m1/s1. The summed E-state index contributed by atoms with van der Waals surface area (Å²) in [5.41, 5.74) is 14.0. The van der Waals surface area contributed by atoms with Crippen LogP contribution in [-0.2, 0) is 101 Å². The molecule has 1 saturated heterocycles. The molecule has 115 heavy (non-hydrogen) atoms. The highest BCUT2D eigenvalue weighted by Gasteiger charge is 2.41. The summed E-state index contributed by atoms with van der Waals surface area (Å²) in [6.07, 6.45) is -5.21.